The normalized spacial score (nSPS) is 14.8. The van der Waals surface area contributed by atoms with Gasteiger partial charge in [0.25, 0.3) is 0 Å². The Morgan fingerprint density at radius 2 is 1.54 bits per heavy atom. The first-order valence-corrected chi connectivity index (χ1v) is 8.45. The summed E-state index contributed by atoms with van der Waals surface area (Å²) in [5, 5.41) is 0. The minimum atomic E-state index is -4.86. The first-order valence-electron chi connectivity index (χ1n) is 8.45. The molecule has 0 aliphatic rings. The number of ether oxygens (including phenoxy) is 2. The van der Waals surface area contributed by atoms with Crippen molar-refractivity contribution in [3.63, 3.8) is 0 Å². The molecular weight excluding hydrogens is 386 g/mol. The molecule has 0 bridgehead atoms. The van der Waals surface area contributed by atoms with Gasteiger partial charge < -0.3 is 9.47 Å². The molecule has 0 fully saturated rings. The van der Waals surface area contributed by atoms with Crippen LogP contribution in [-0.2, 0) is 16.8 Å². The molecule has 0 radical (unpaired) electrons. The van der Waals surface area contributed by atoms with Crippen molar-refractivity contribution in [3.8, 4) is 5.75 Å². The summed E-state index contributed by atoms with van der Waals surface area (Å²) in [6.07, 6.45) is -9.57. The molecule has 2 aromatic rings. The van der Waals surface area contributed by atoms with Gasteiger partial charge in [-0.15, -0.1) is 13.2 Å². The molecule has 154 valence electrons. The summed E-state index contributed by atoms with van der Waals surface area (Å²) >= 11 is 0. The van der Waals surface area contributed by atoms with Gasteiger partial charge in [0, 0.05) is 13.5 Å². The summed E-state index contributed by atoms with van der Waals surface area (Å²) in [7, 11) is 0.993. The van der Waals surface area contributed by atoms with Gasteiger partial charge in [0.15, 0.2) is 5.60 Å². The Labute approximate surface area is 159 Å². The van der Waals surface area contributed by atoms with Crippen LogP contribution in [0, 0.1) is 5.92 Å². The predicted octanol–water partition coefficient (Wildman–Crippen LogP) is 6.24. The van der Waals surface area contributed by atoms with Crippen LogP contribution in [-0.4, -0.2) is 19.6 Å². The second-order valence-electron chi connectivity index (χ2n) is 6.62. The zero-order chi connectivity index (χ0) is 21.2. The molecule has 2 rings (SSSR count). The number of rotatable bonds is 6. The second-order valence-corrected chi connectivity index (χ2v) is 6.62. The summed E-state index contributed by atoms with van der Waals surface area (Å²) < 4.78 is 88.3. The molecule has 0 saturated heterocycles. The van der Waals surface area contributed by atoms with Crippen LogP contribution in [0.3, 0.4) is 0 Å². The minimum absolute atomic E-state index is 0.0319. The molecule has 0 heterocycles. The fraction of sp³-hybridized carbons (Fsp3) is 0.400. The molecule has 0 saturated carbocycles. The van der Waals surface area contributed by atoms with Gasteiger partial charge in [0.05, 0.1) is 0 Å². The van der Waals surface area contributed by atoms with Crippen molar-refractivity contribution >= 4 is 0 Å². The number of methoxy groups -OCH3 is 1. The van der Waals surface area contributed by atoms with Gasteiger partial charge in [0.1, 0.15) is 5.75 Å². The van der Waals surface area contributed by atoms with E-state index in [1.165, 1.54) is 50.2 Å². The van der Waals surface area contributed by atoms with Gasteiger partial charge in [0.2, 0.25) is 0 Å². The van der Waals surface area contributed by atoms with Gasteiger partial charge in [-0.3, -0.25) is 0 Å². The van der Waals surface area contributed by atoms with Crippen LogP contribution in [0.25, 0.3) is 0 Å². The number of hydrogen-bond acceptors (Lipinski definition) is 2. The SMILES string of the molecule is COC(c1cccc(Cc2ccccc2OC(F)(F)F)c1)(C(C)C)C(F)(F)F. The second kappa shape index (κ2) is 8.03. The molecule has 0 aliphatic heterocycles. The van der Waals surface area contributed by atoms with E-state index in [9.17, 15) is 26.3 Å². The lowest BCUT2D eigenvalue weighted by molar-refractivity contribution is -0.293. The van der Waals surface area contributed by atoms with E-state index in [-0.39, 0.29) is 17.5 Å². The van der Waals surface area contributed by atoms with Crippen LogP contribution in [0.5, 0.6) is 5.75 Å². The smallest absolute Gasteiger partial charge is 0.405 e. The first kappa shape index (κ1) is 22.1. The van der Waals surface area contributed by atoms with Crippen molar-refractivity contribution in [1.82, 2.24) is 0 Å². The van der Waals surface area contributed by atoms with Crippen LogP contribution in [0.4, 0.5) is 26.3 Å². The Morgan fingerprint density at radius 1 is 0.893 bits per heavy atom. The summed E-state index contributed by atoms with van der Waals surface area (Å²) in [5.41, 5.74) is -2.02. The summed E-state index contributed by atoms with van der Waals surface area (Å²) in [6.45, 7) is 2.80. The van der Waals surface area contributed by atoms with E-state index in [1.807, 2.05) is 0 Å². The first-order chi connectivity index (χ1) is 12.9. The molecule has 2 nitrogen and oxygen atoms in total. The highest BCUT2D eigenvalue weighted by atomic mass is 19.4. The van der Waals surface area contributed by atoms with Crippen molar-refractivity contribution in [2.75, 3.05) is 7.11 Å². The highest BCUT2D eigenvalue weighted by Gasteiger charge is 2.58. The van der Waals surface area contributed by atoms with E-state index in [2.05, 4.69) is 4.74 Å². The average molecular weight is 406 g/mol. The molecule has 0 amide bonds. The van der Waals surface area contributed by atoms with Gasteiger partial charge in [-0.25, -0.2) is 0 Å². The molecule has 0 spiro atoms. The van der Waals surface area contributed by atoms with Gasteiger partial charge in [-0.1, -0.05) is 56.3 Å². The summed E-state index contributed by atoms with van der Waals surface area (Å²) in [6, 6.07) is 11.1. The Hall–Kier alpha value is -2.22. The Bertz CT molecular complexity index is 798. The van der Waals surface area contributed by atoms with Crippen LogP contribution < -0.4 is 4.74 Å². The molecule has 0 aliphatic carbocycles. The molecule has 1 unspecified atom stereocenters. The van der Waals surface area contributed by atoms with Crippen molar-refractivity contribution in [2.45, 2.75) is 38.4 Å². The van der Waals surface area contributed by atoms with Gasteiger partial charge in [-0.05, 0) is 28.7 Å². The van der Waals surface area contributed by atoms with Crippen LogP contribution in [0.1, 0.15) is 30.5 Å². The predicted molar refractivity (Wildman–Crippen MR) is 92.0 cm³/mol. The van der Waals surface area contributed by atoms with E-state index in [0.717, 1.165) is 13.2 Å². The highest BCUT2D eigenvalue weighted by molar-refractivity contribution is 5.39. The van der Waals surface area contributed by atoms with E-state index < -0.39 is 29.8 Å². The van der Waals surface area contributed by atoms with Crippen LogP contribution in [0.15, 0.2) is 48.5 Å². The van der Waals surface area contributed by atoms with Gasteiger partial charge >= 0.3 is 12.5 Å². The Balaban J connectivity index is 2.45. The minimum Gasteiger partial charge on any atom is -0.405 e. The standard InChI is InChI=1S/C20H20F6O2/c1-13(2)18(27-3,19(21,22)23)16-9-6-7-14(12-16)11-15-8-4-5-10-17(15)28-20(24,25)26/h4-10,12-13H,11H2,1-3H3. The third-order valence-corrected chi connectivity index (χ3v) is 4.50. The van der Waals surface area contributed by atoms with E-state index in [1.54, 1.807) is 6.07 Å². The lowest BCUT2D eigenvalue weighted by Gasteiger charge is -2.38. The number of para-hydroxylation sites is 1. The zero-order valence-electron chi connectivity index (χ0n) is 15.5. The summed E-state index contributed by atoms with van der Waals surface area (Å²) in [5.74, 6) is -1.31. The number of hydrogen-bond donors (Lipinski definition) is 0. The third kappa shape index (κ3) is 4.60. The maximum absolute atomic E-state index is 13.9. The largest absolute Gasteiger partial charge is 0.573 e. The molecule has 2 aromatic carbocycles. The lowest BCUT2D eigenvalue weighted by atomic mass is 9.81. The fourth-order valence-electron chi connectivity index (χ4n) is 3.30. The van der Waals surface area contributed by atoms with E-state index in [4.69, 9.17) is 4.74 Å². The Kier molecular flexibility index (Phi) is 6.33. The van der Waals surface area contributed by atoms with Crippen molar-refractivity contribution in [3.05, 3.63) is 65.2 Å². The van der Waals surface area contributed by atoms with Crippen molar-refractivity contribution < 1.29 is 35.8 Å². The molecule has 0 N–H and O–H groups in total. The quantitative estimate of drug-likeness (QED) is 0.529. The lowest BCUT2D eigenvalue weighted by Crippen LogP contribution is -2.48. The molecule has 0 aromatic heterocycles. The number of halogens is 6. The molecular formula is C20H20F6O2. The monoisotopic (exact) mass is 406 g/mol. The maximum Gasteiger partial charge on any atom is 0.573 e. The average Bonchev–Trinajstić information content (AvgIpc) is 2.55. The zero-order valence-corrected chi connectivity index (χ0v) is 15.5. The number of alkyl halides is 6. The molecule has 8 heteroatoms. The fourth-order valence-corrected chi connectivity index (χ4v) is 3.30. The highest BCUT2D eigenvalue weighted by Crippen LogP contribution is 2.47. The van der Waals surface area contributed by atoms with Crippen LogP contribution >= 0.6 is 0 Å². The third-order valence-electron chi connectivity index (χ3n) is 4.50. The van der Waals surface area contributed by atoms with E-state index >= 15 is 0 Å². The van der Waals surface area contributed by atoms with Crippen LogP contribution in [0.2, 0.25) is 0 Å². The maximum atomic E-state index is 13.9. The van der Waals surface area contributed by atoms with Gasteiger partial charge in [-0.2, -0.15) is 13.2 Å². The van der Waals surface area contributed by atoms with E-state index in [0.29, 0.717) is 5.56 Å². The van der Waals surface area contributed by atoms with Crippen molar-refractivity contribution in [2.24, 2.45) is 5.92 Å². The Morgan fingerprint density at radius 3 is 2.07 bits per heavy atom. The van der Waals surface area contributed by atoms with Crippen molar-refractivity contribution in [1.29, 1.82) is 0 Å². The topological polar surface area (TPSA) is 18.5 Å². The summed E-state index contributed by atoms with van der Waals surface area (Å²) in [4.78, 5) is 0. The molecule has 28 heavy (non-hydrogen) atoms. The molecule has 1 atom stereocenters. The number of benzene rings is 2.